The molecule has 0 radical (unpaired) electrons. The molecule has 1 unspecified atom stereocenters. The average Bonchev–Trinajstić information content (AvgIpc) is 4.06. The summed E-state index contributed by atoms with van der Waals surface area (Å²) < 4.78 is 39.0. The van der Waals surface area contributed by atoms with Crippen LogP contribution in [0.4, 0.5) is 37.6 Å². The third-order valence-corrected chi connectivity index (χ3v) is 13.4. The predicted octanol–water partition coefficient (Wildman–Crippen LogP) is 4.92. The van der Waals surface area contributed by atoms with E-state index in [9.17, 15) is 19.2 Å². The van der Waals surface area contributed by atoms with E-state index < -0.39 is 30.0 Å². The Bertz CT molecular complexity index is 2710. The van der Waals surface area contributed by atoms with Crippen LogP contribution in [-0.2, 0) is 28.5 Å². The SMILES string of the molecule is Cn1nc(C2CCC(=O)NC2=O)c2ccc(N3CCN(CC4CCN(c5ncc(Cl)c(Nc6ccc7c(c6)c6c(c(=O)n7C)OCC(F)(F)[C@H](C7CC7)N6)n5)CC4)C(=O)C3)cc21. The lowest BCUT2D eigenvalue weighted by molar-refractivity contribution is -0.134. The fourth-order valence-corrected chi connectivity index (χ4v) is 9.59. The largest absolute Gasteiger partial charge is 0.480 e. The van der Waals surface area contributed by atoms with Gasteiger partial charge in [-0.25, -0.2) is 13.8 Å². The van der Waals surface area contributed by atoms with Gasteiger partial charge in [0.25, 0.3) is 5.56 Å². The van der Waals surface area contributed by atoms with Crippen LogP contribution >= 0.6 is 11.6 Å². The molecule has 4 aliphatic heterocycles. The maximum atomic E-state index is 15.2. The molecule has 2 atom stereocenters. The summed E-state index contributed by atoms with van der Waals surface area (Å²) in [5.41, 5.74) is 3.35. The van der Waals surface area contributed by atoms with Crippen LogP contribution in [0.5, 0.6) is 5.75 Å². The van der Waals surface area contributed by atoms with Gasteiger partial charge in [0.15, 0.2) is 12.4 Å². The molecule has 5 aliphatic rings. The molecule has 3 N–H and O–H groups in total. The van der Waals surface area contributed by atoms with Gasteiger partial charge < -0.3 is 34.6 Å². The number of piperazine rings is 1. The fourth-order valence-electron chi connectivity index (χ4n) is 9.45. The molecule has 3 aromatic heterocycles. The third kappa shape index (κ3) is 7.30. The van der Waals surface area contributed by atoms with E-state index in [4.69, 9.17) is 21.3 Å². The van der Waals surface area contributed by atoms with Crippen LogP contribution in [0.15, 0.2) is 47.4 Å². The van der Waals surface area contributed by atoms with E-state index in [2.05, 4.69) is 35.8 Å². The van der Waals surface area contributed by atoms with Gasteiger partial charge >= 0.3 is 5.92 Å². The van der Waals surface area contributed by atoms with Crippen molar-refractivity contribution in [2.45, 2.75) is 56.4 Å². The normalized spacial score (nSPS) is 22.0. The summed E-state index contributed by atoms with van der Waals surface area (Å²) in [4.78, 5) is 66.5. The zero-order chi connectivity index (χ0) is 43.0. The van der Waals surface area contributed by atoms with Crippen molar-refractivity contribution in [2.24, 2.45) is 25.9 Å². The number of halogens is 3. The molecule has 1 saturated carbocycles. The number of hydrogen-bond donors (Lipinski definition) is 3. The van der Waals surface area contributed by atoms with Crippen molar-refractivity contribution >= 4 is 80.0 Å². The molecule has 19 heteroatoms. The van der Waals surface area contributed by atoms with Crippen LogP contribution in [0.2, 0.25) is 5.02 Å². The number of carbonyl (C=O) groups excluding carboxylic acids is 3. The number of carbonyl (C=O) groups is 3. The van der Waals surface area contributed by atoms with Crippen LogP contribution in [0.3, 0.4) is 0 Å². The molecule has 3 saturated heterocycles. The molecule has 1 aliphatic carbocycles. The van der Waals surface area contributed by atoms with E-state index >= 15 is 8.78 Å². The van der Waals surface area contributed by atoms with Gasteiger partial charge in [-0.3, -0.25) is 29.2 Å². The van der Waals surface area contributed by atoms with Crippen LogP contribution in [0, 0.1) is 11.8 Å². The number of aryl methyl sites for hydroxylation is 2. The number of fused-ring (bicyclic) bond motifs is 4. The summed E-state index contributed by atoms with van der Waals surface area (Å²) >= 11 is 6.61. The maximum Gasteiger partial charge on any atom is 0.301 e. The first-order valence-electron chi connectivity index (χ1n) is 21.1. The number of nitrogens with one attached hydrogen (secondary N) is 3. The highest BCUT2D eigenvalue weighted by Crippen LogP contribution is 2.46. The van der Waals surface area contributed by atoms with Gasteiger partial charge in [0, 0.05) is 75.4 Å². The van der Waals surface area contributed by atoms with E-state index in [1.54, 1.807) is 36.1 Å². The average molecular weight is 870 g/mol. The lowest BCUT2D eigenvalue weighted by atomic mass is 9.93. The van der Waals surface area contributed by atoms with Crippen LogP contribution < -0.4 is 36.0 Å². The minimum atomic E-state index is -3.14. The topological polar surface area (TPSA) is 172 Å². The molecule has 7 heterocycles. The van der Waals surface area contributed by atoms with Gasteiger partial charge in [-0.05, 0) is 80.3 Å². The summed E-state index contributed by atoms with van der Waals surface area (Å²) in [5.74, 6) is -3.27. The van der Waals surface area contributed by atoms with Gasteiger partial charge in [0.05, 0.1) is 47.1 Å². The zero-order valence-electron chi connectivity index (χ0n) is 34.3. The van der Waals surface area contributed by atoms with Crippen molar-refractivity contribution in [1.29, 1.82) is 0 Å². The Hall–Kier alpha value is -6.04. The molecule has 324 valence electrons. The lowest BCUT2D eigenvalue weighted by Gasteiger charge is -2.39. The monoisotopic (exact) mass is 869 g/mol. The molecule has 62 heavy (non-hydrogen) atoms. The first-order valence-corrected chi connectivity index (χ1v) is 21.5. The van der Waals surface area contributed by atoms with Crippen LogP contribution in [0.25, 0.3) is 21.8 Å². The van der Waals surface area contributed by atoms with Crippen molar-refractivity contribution in [2.75, 3.05) is 66.3 Å². The lowest BCUT2D eigenvalue weighted by Crippen LogP contribution is -2.52. The van der Waals surface area contributed by atoms with E-state index in [-0.39, 0.29) is 48.0 Å². The van der Waals surface area contributed by atoms with E-state index in [1.165, 1.54) is 4.57 Å². The van der Waals surface area contributed by atoms with Gasteiger partial charge in [-0.2, -0.15) is 10.1 Å². The highest BCUT2D eigenvalue weighted by Gasteiger charge is 2.51. The molecule has 0 bridgehead atoms. The number of benzene rings is 2. The fraction of sp³-hybridized carbons (Fsp3) is 0.465. The summed E-state index contributed by atoms with van der Waals surface area (Å²) in [7, 11) is 3.43. The minimum Gasteiger partial charge on any atom is -0.480 e. The summed E-state index contributed by atoms with van der Waals surface area (Å²) in [6, 6.07) is 10.1. The number of amides is 3. The third-order valence-electron chi connectivity index (χ3n) is 13.1. The Labute approximate surface area is 359 Å². The second kappa shape index (κ2) is 15.4. The molecule has 5 aromatic rings. The van der Waals surface area contributed by atoms with Crippen molar-refractivity contribution in [3.05, 3.63) is 63.7 Å². The Kier molecular flexibility index (Phi) is 9.95. The first kappa shape index (κ1) is 40.1. The van der Waals surface area contributed by atoms with Crippen LogP contribution in [-0.4, -0.2) is 105 Å². The molecule has 0 spiro atoms. The summed E-state index contributed by atoms with van der Waals surface area (Å²) in [6.07, 6.45) is 5.33. The van der Waals surface area contributed by atoms with Crippen molar-refractivity contribution in [3.63, 3.8) is 0 Å². The Balaban J connectivity index is 0.775. The zero-order valence-corrected chi connectivity index (χ0v) is 35.1. The second-order valence-corrected chi connectivity index (χ2v) is 17.6. The number of alkyl halides is 2. The number of ether oxygens (including phenoxy) is 1. The van der Waals surface area contributed by atoms with E-state index in [0.717, 1.165) is 29.4 Å². The standard InChI is InChI=1S/C43H46ClF2N11O5/c1-53-31-9-5-25(17-29(31)36-37(41(53)61)62-22-43(45,46)38(50-36)24-3-4-24)48-39-30(44)19-47-42(51-39)55-13-11-23(12-14-55)20-57-16-15-56(21-34(57)59)26-6-7-27-32(18-26)54(2)52-35(27)28-8-10-33(58)49-40(28)60/h5-7,9,17-19,23-24,28,38,50H,3-4,8,10-16,20-22H2,1-2H3,(H,47,48,51)(H,49,58,60)/t28?,38-/m0/s1. The molecular formula is C43H46ClF2N11O5. The maximum absolute atomic E-state index is 15.2. The van der Waals surface area contributed by atoms with Crippen molar-refractivity contribution < 1.29 is 27.9 Å². The number of piperidine rings is 2. The number of aromatic nitrogens is 5. The highest BCUT2D eigenvalue weighted by molar-refractivity contribution is 6.33. The number of pyridine rings is 1. The number of imide groups is 1. The summed E-state index contributed by atoms with van der Waals surface area (Å²) in [5, 5.41) is 15.1. The van der Waals surface area contributed by atoms with E-state index in [1.807, 2.05) is 30.1 Å². The van der Waals surface area contributed by atoms with Gasteiger partial charge in [-0.15, -0.1) is 0 Å². The molecule has 16 nitrogen and oxygen atoms in total. The van der Waals surface area contributed by atoms with Gasteiger partial charge in [-0.1, -0.05) is 11.6 Å². The highest BCUT2D eigenvalue weighted by atomic mass is 35.5. The summed E-state index contributed by atoms with van der Waals surface area (Å²) in [6.45, 7) is 2.73. The number of nitrogens with zero attached hydrogens (tertiary/aromatic N) is 8. The van der Waals surface area contributed by atoms with Crippen LogP contribution in [0.1, 0.15) is 50.1 Å². The van der Waals surface area contributed by atoms with Crippen molar-refractivity contribution in [3.8, 4) is 5.75 Å². The Morgan fingerprint density at radius 1 is 0.935 bits per heavy atom. The molecule has 2 aromatic carbocycles. The number of anilines is 5. The Morgan fingerprint density at radius 3 is 2.50 bits per heavy atom. The van der Waals surface area contributed by atoms with E-state index in [0.29, 0.717) is 97.0 Å². The molecular weight excluding hydrogens is 824 g/mol. The smallest absolute Gasteiger partial charge is 0.301 e. The first-order chi connectivity index (χ1) is 29.8. The van der Waals surface area contributed by atoms with Crippen molar-refractivity contribution in [1.82, 2.24) is 34.5 Å². The number of hydrogen-bond acceptors (Lipinski definition) is 12. The van der Waals surface area contributed by atoms with Gasteiger partial charge in [0.1, 0.15) is 5.02 Å². The predicted molar refractivity (Wildman–Crippen MR) is 230 cm³/mol. The quantitative estimate of drug-likeness (QED) is 0.180. The Morgan fingerprint density at radius 2 is 1.74 bits per heavy atom. The molecule has 4 fully saturated rings. The minimum absolute atomic E-state index is 0.0701. The molecule has 3 amide bonds. The molecule has 10 rings (SSSR count). The van der Waals surface area contributed by atoms with Gasteiger partial charge in [0.2, 0.25) is 29.4 Å². The second-order valence-electron chi connectivity index (χ2n) is 17.2. The number of rotatable bonds is 8.